The van der Waals surface area contributed by atoms with Gasteiger partial charge in [-0.25, -0.2) is 9.66 Å². The number of nitrogens with zero attached hydrogens (tertiary/aromatic N) is 3. The largest absolute Gasteiger partial charge is 0.382 e. The molecule has 0 saturated carbocycles. The molecule has 1 aromatic carbocycles. The Balaban J connectivity index is 2.13. The smallest absolute Gasteiger partial charge is 0.150 e. The first-order valence-electron chi connectivity index (χ1n) is 6.68. The van der Waals surface area contributed by atoms with Gasteiger partial charge in [0, 0.05) is 23.6 Å². The summed E-state index contributed by atoms with van der Waals surface area (Å²) in [6.07, 6.45) is 3.58. The molecule has 0 radical (unpaired) electrons. The van der Waals surface area contributed by atoms with Crippen LogP contribution in [0.15, 0.2) is 36.5 Å². The summed E-state index contributed by atoms with van der Waals surface area (Å²) in [6.45, 7) is 2.09. The molecule has 0 aliphatic carbocycles. The van der Waals surface area contributed by atoms with Gasteiger partial charge in [-0.2, -0.15) is 0 Å². The number of benzene rings is 1. The van der Waals surface area contributed by atoms with Gasteiger partial charge in [-0.05, 0) is 24.6 Å². The van der Waals surface area contributed by atoms with Crippen LogP contribution in [0.3, 0.4) is 0 Å². The summed E-state index contributed by atoms with van der Waals surface area (Å²) in [5.41, 5.74) is 8.72. The number of imidazole rings is 1. The van der Waals surface area contributed by atoms with Crippen LogP contribution >= 0.6 is 0 Å². The van der Waals surface area contributed by atoms with Gasteiger partial charge in [0.05, 0.1) is 5.52 Å². The topological polar surface area (TPSA) is 82.8 Å². The van der Waals surface area contributed by atoms with Gasteiger partial charge in [0.1, 0.15) is 11.5 Å². The fourth-order valence-corrected chi connectivity index (χ4v) is 2.33. The van der Waals surface area contributed by atoms with E-state index in [2.05, 4.69) is 16.9 Å². The Hall–Kier alpha value is -2.56. The van der Waals surface area contributed by atoms with Crippen molar-refractivity contribution in [3.8, 4) is 11.3 Å². The molecule has 0 spiro atoms. The molecular formula is C15H17N5. The van der Waals surface area contributed by atoms with Gasteiger partial charge in [-0.1, -0.05) is 19.1 Å². The molecule has 0 amide bonds. The number of pyridine rings is 1. The minimum atomic E-state index is 0.497. The van der Waals surface area contributed by atoms with Crippen molar-refractivity contribution >= 4 is 16.7 Å². The van der Waals surface area contributed by atoms with E-state index in [4.69, 9.17) is 11.6 Å². The van der Waals surface area contributed by atoms with Crippen LogP contribution in [0, 0.1) is 0 Å². The van der Waals surface area contributed by atoms with Gasteiger partial charge >= 0.3 is 0 Å². The van der Waals surface area contributed by atoms with Crippen molar-refractivity contribution in [2.24, 2.45) is 0 Å². The second-order valence-electron chi connectivity index (χ2n) is 4.79. The standard InChI is InChI=1S/C15H17N5/c1-2-4-13-19-14(15(16)20(13)17)11-6-7-12-10(9-11)5-3-8-18-12/h3,5-9H,2,4,16-17H2,1H3. The van der Waals surface area contributed by atoms with Crippen molar-refractivity contribution in [3.05, 3.63) is 42.4 Å². The Morgan fingerprint density at radius 1 is 1.25 bits per heavy atom. The predicted octanol–water partition coefficient (Wildman–Crippen LogP) is 2.35. The summed E-state index contributed by atoms with van der Waals surface area (Å²) >= 11 is 0. The fourth-order valence-electron chi connectivity index (χ4n) is 2.33. The second-order valence-corrected chi connectivity index (χ2v) is 4.79. The SMILES string of the molecule is CCCc1nc(-c2ccc3ncccc3c2)c(N)n1N. The van der Waals surface area contributed by atoms with Gasteiger partial charge in [-0.15, -0.1) is 0 Å². The van der Waals surface area contributed by atoms with Crippen LogP contribution in [0.25, 0.3) is 22.2 Å². The van der Waals surface area contributed by atoms with Crippen molar-refractivity contribution in [2.45, 2.75) is 19.8 Å². The Kier molecular flexibility index (Phi) is 3.02. The molecule has 5 nitrogen and oxygen atoms in total. The Morgan fingerprint density at radius 3 is 2.90 bits per heavy atom. The van der Waals surface area contributed by atoms with Crippen molar-refractivity contribution in [3.63, 3.8) is 0 Å². The normalized spacial score (nSPS) is 11.1. The lowest BCUT2D eigenvalue weighted by Gasteiger charge is -2.02. The third kappa shape index (κ3) is 1.97. The molecule has 4 N–H and O–H groups in total. The van der Waals surface area contributed by atoms with E-state index >= 15 is 0 Å². The number of fused-ring (bicyclic) bond motifs is 1. The molecule has 0 bridgehead atoms. The van der Waals surface area contributed by atoms with Crippen LogP contribution < -0.4 is 11.6 Å². The monoisotopic (exact) mass is 267 g/mol. The van der Waals surface area contributed by atoms with Crippen LogP contribution in [0.1, 0.15) is 19.2 Å². The molecule has 0 saturated heterocycles. The van der Waals surface area contributed by atoms with Gasteiger partial charge in [-0.3, -0.25) is 4.98 Å². The number of hydrogen-bond acceptors (Lipinski definition) is 4. The molecule has 0 aliphatic heterocycles. The lowest BCUT2D eigenvalue weighted by atomic mass is 10.1. The predicted molar refractivity (Wildman–Crippen MR) is 81.5 cm³/mol. The molecule has 3 aromatic rings. The van der Waals surface area contributed by atoms with Crippen molar-refractivity contribution in [2.75, 3.05) is 11.6 Å². The summed E-state index contributed by atoms with van der Waals surface area (Å²) < 4.78 is 1.48. The quantitative estimate of drug-likeness (QED) is 0.713. The molecule has 0 fully saturated rings. The lowest BCUT2D eigenvalue weighted by molar-refractivity contribution is 0.794. The Morgan fingerprint density at radius 2 is 2.10 bits per heavy atom. The number of aromatic nitrogens is 3. The summed E-state index contributed by atoms with van der Waals surface area (Å²) in [5.74, 6) is 7.26. The minimum absolute atomic E-state index is 0.497. The van der Waals surface area contributed by atoms with Gasteiger partial charge in [0.2, 0.25) is 0 Å². The number of rotatable bonds is 3. The molecule has 102 valence electrons. The summed E-state index contributed by atoms with van der Waals surface area (Å²) in [7, 11) is 0. The highest BCUT2D eigenvalue weighted by atomic mass is 15.4. The zero-order valence-corrected chi connectivity index (χ0v) is 11.4. The highest BCUT2D eigenvalue weighted by Crippen LogP contribution is 2.27. The molecule has 0 aliphatic rings. The van der Waals surface area contributed by atoms with E-state index in [1.165, 1.54) is 4.68 Å². The number of hydrogen-bond donors (Lipinski definition) is 2. The van der Waals surface area contributed by atoms with E-state index < -0.39 is 0 Å². The van der Waals surface area contributed by atoms with E-state index in [-0.39, 0.29) is 0 Å². The van der Waals surface area contributed by atoms with Crippen LogP contribution in [0.2, 0.25) is 0 Å². The van der Waals surface area contributed by atoms with Crippen LogP contribution in [-0.2, 0) is 6.42 Å². The minimum Gasteiger partial charge on any atom is -0.382 e. The van der Waals surface area contributed by atoms with Gasteiger partial charge < -0.3 is 11.6 Å². The molecule has 0 atom stereocenters. The fraction of sp³-hybridized carbons (Fsp3) is 0.200. The third-order valence-corrected chi connectivity index (χ3v) is 3.37. The van der Waals surface area contributed by atoms with E-state index in [1.54, 1.807) is 6.20 Å². The highest BCUT2D eigenvalue weighted by Gasteiger charge is 2.14. The zero-order chi connectivity index (χ0) is 14.1. The first-order valence-corrected chi connectivity index (χ1v) is 6.68. The van der Waals surface area contributed by atoms with E-state index in [9.17, 15) is 0 Å². The second kappa shape index (κ2) is 4.85. The molecule has 20 heavy (non-hydrogen) atoms. The van der Waals surface area contributed by atoms with Crippen molar-refractivity contribution in [1.29, 1.82) is 0 Å². The molecular weight excluding hydrogens is 250 g/mol. The van der Waals surface area contributed by atoms with Crippen molar-refractivity contribution < 1.29 is 0 Å². The average molecular weight is 267 g/mol. The van der Waals surface area contributed by atoms with E-state index in [1.807, 2.05) is 30.3 Å². The summed E-state index contributed by atoms with van der Waals surface area (Å²) in [5, 5.41) is 1.06. The maximum absolute atomic E-state index is 6.07. The van der Waals surface area contributed by atoms with Gasteiger partial charge in [0.25, 0.3) is 0 Å². The average Bonchev–Trinajstić information content (AvgIpc) is 2.76. The molecule has 2 aromatic heterocycles. The molecule has 2 heterocycles. The molecule has 3 rings (SSSR count). The Labute approximate surface area is 117 Å². The molecule has 0 unspecified atom stereocenters. The summed E-state index contributed by atoms with van der Waals surface area (Å²) in [6, 6.07) is 9.92. The first kappa shape index (κ1) is 12.5. The number of nitrogens with two attached hydrogens (primary N) is 2. The number of aryl methyl sites for hydroxylation is 1. The Bertz CT molecular complexity index is 760. The molecule has 5 heteroatoms. The number of anilines is 1. The lowest BCUT2D eigenvalue weighted by Crippen LogP contribution is -2.15. The van der Waals surface area contributed by atoms with E-state index in [0.717, 1.165) is 40.8 Å². The summed E-state index contributed by atoms with van der Waals surface area (Å²) in [4.78, 5) is 8.88. The maximum atomic E-state index is 6.07. The first-order chi connectivity index (χ1) is 9.70. The number of nitrogen functional groups attached to an aromatic ring is 2. The van der Waals surface area contributed by atoms with Crippen LogP contribution in [0.4, 0.5) is 5.82 Å². The highest BCUT2D eigenvalue weighted by molar-refractivity contribution is 5.85. The zero-order valence-electron chi connectivity index (χ0n) is 11.4. The van der Waals surface area contributed by atoms with Crippen molar-refractivity contribution in [1.82, 2.24) is 14.6 Å². The maximum Gasteiger partial charge on any atom is 0.150 e. The van der Waals surface area contributed by atoms with Crippen LogP contribution in [-0.4, -0.2) is 14.6 Å². The third-order valence-electron chi connectivity index (χ3n) is 3.37. The van der Waals surface area contributed by atoms with Gasteiger partial charge in [0.15, 0.2) is 5.82 Å². The van der Waals surface area contributed by atoms with Crippen LogP contribution in [0.5, 0.6) is 0 Å². The van der Waals surface area contributed by atoms with E-state index in [0.29, 0.717) is 5.82 Å².